The van der Waals surface area contributed by atoms with Crippen molar-refractivity contribution in [3.05, 3.63) is 104 Å². The Morgan fingerprint density at radius 2 is 1.39 bits per heavy atom. The molecule has 0 spiro atoms. The zero-order valence-corrected chi connectivity index (χ0v) is 20.7. The molecule has 3 aromatic rings. The fourth-order valence-electron chi connectivity index (χ4n) is 3.46. The van der Waals surface area contributed by atoms with Crippen molar-refractivity contribution in [3.63, 3.8) is 0 Å². The summed E-state index contributed by atoms with van der Waals surface area (Å²) in [6.45, 7) is 2.50. The molecule has 0 aliphatic heterocycles. The number of rotatable bonds is 12. The number of hydrogen-bond donors (Lipinski definition) is 2. The Morgan fingerprint density at radius 1 is 0.842 bits per heavy atom. The van der Waals surface area contributed by atoms with Gasteiger partial charge < -0.3 is 20.1 Å². The predicted octanol–water partition coefficient (Wildman–Crippen LogP) is 4.55. The fourth-order valence-corrected chi connectivity index (χ4v) is 3.46. The van der Waals surface area contributed by atoms with E-state index in [0.29, 0.717) is 23.7 Å². The Bertz CT molecular complexity index is 1270. The summed E-state index contributed by atoms with van der Waals surface area (Å²) >= 11 is 0. The number of nitrogens with zero attached hydrogens (tertiary/aromatic N) is 2. The van der Waals surface area contributed by atoms with Crippen molar-refractivity contribution in [3.8, 4) is 11.5 Å². The van der Waals surface area contributed by atoms with Crippen LogP contribution in [0.2, 0.25) is 0 Å². The van der Waals surface area contributed by atoms with Gasteiger partial charge in [-0.25, -0.2) is 0 Å². The van der Waals surface area contributed by atoms with Crippen LogP contribution in [0.5, 0.6) is 11.5 Å². The van der Waals surface area contributed by atoms with Gasteiger partial charge in [0.2, 0.25) is 0 Å². The highest BCUT2D eigenvalue weighted by molar-refractivity contribution is 5.97. The van der Waals surface area contributed by atoms with E-state index in [1.165, 1.54) is 43.5 Å². The normalized spacial score (nSPS) is 10.5. The summed E-state index contributed by atoms with van der Waals surface area (Å²) < 4.78 is 11.2. The summed E-state index contributed by atoms with van der Waals surface area (Å²) in [4.78, 5) is 47.1. The van der Waals surface area contributed by atoms with Crippen LogP contribution in [0.25, 0.3) is 0 Å². The third-order valence-electron chi connectivity index (χ3n) is 5.47. The molecular weight excluding hydrogens is 496 g/mol. The van der Waals surface area contributed by atoms with Gasteiger partial charge in [0.15, 0.2) is 11.5 Å². The van der Waals surface area contributed by atoms with E-state index in [-0.39, 0.29) is 22.5 Å². The van der Waals surface area contributed by atoms with Crippen molar-refractivity contribution in [1.29, 1.82) is 0 Å². The number of nitro groups is 2. The van der Waals surface area contributed by atoms with Crippen LogP contribution in [0, 0.1) is 20.2 Å². The maximum Gasteiger partial charge on any atom is 0.270 e. The minimum atomic E-state index is -1.13. The number of carbonyl (C=O) groups is 2. The second kappa shape index (κ2) is 12.8. The van der Waals surface area contributed by atoms with Gasteiger partial charge in [0.1, 0.15) is 6.17 Å². The van der Waals surface area contributed by atoms with Gasteiger partial charge >= 0.3 is 0 Å². The average molecular weight is 523 g/mol. The van der Waals surface area contributed by atoms with E-state index in [0.717, 1.165) is 25.0 Å². The van der Waals surface area contributed by atoms with Crippen LogP contribution in [-0.4, -0.2) is 35.4 Å². The molecule has 0 aliphatic carbocycles. The molecule has 0 atom stereocenters. The SMILES string of the molecule is CCCCOc1ccc(C(NC(=O)c2cccc([N+](=O)[O-])c2)NC(=O)c2cccc([N+](=O)[O-])c2)cc1OC. The number of methoxy groups -OCH3 is 1. The molecule has 0 bridgehead atoms. The van der Waals surface area contributed by atoms with Gasteiger partial charge in [0, 0.05) is 35.4 Å². The Kier molecular flexibility index (Phi) is 9.30. The lowest BCUT2D eigenvalue weighted by Crippen LogP contribution is -2.41. The largest absolute Gasteiger partial charge is 0.493 e. The first kappa shape index (κ1) is 27.6. The topological polar surface area (TPSA) is 163 Å². The van der Waals surface area contributed by atoms with Crippen LogP contribution in [0.15, 0.2) is 66.7 Å². The monoisotopic (exact) mass is 522 g/mol. The molecule has 0 aliphatic rings. The quantitative estimate of drug-likeness (QED) is 0.151. The van der Waals surface area contributed by atoms with Gasteiger partial charge in [-0.15, -0.1) is 0 Å². The third-order valence-corrected chi connectivity index (χ3v) is 5.47. The summed E-state index contributed by atoms with van der Waals surface area (Å²) in [6, 6.07) is 15.1. The molecular formula is C26H26N4O8. The number of nitrogens with one attached hydrogen (secondary N) is 2. The Morgan fingerprint density at radius 3 is 1.87 bits per heavy atom. The van der Waals surface area contributed by atoms with Crippen molar-refractivity contribution < 1.29 is 28.9 Å². The minimum absolute atomic E-state index is 0.000261. The molecule has 38 heavy (non-hydrogen) atoms. The molecule has 198 valence electrons. The van der Waals surface area contributed by atoms with Crippen LogP contribution < -0.4 is 20.1 Å². The maximum atomic E-state index is 13.0. The van der Waals surface area contributed by atoms with Gasteiger partial charge in [-0.3, -0.25) is 29.8 Å². The first-order chi connectivity index (χ1) is 18.2. The molecule has 0 aromatic heterocycles. The number of non-ortho nitro benzene ring substituents is 2. The standard InChI is InChI=1S/C26H26N4O8/c1-3-4-13-38-22-12-11-17(16-23(22)37-2)24(27-25(31)18-7-5-9-20(14-18)29(33)34)28-26(32)19-8-6-10-21(15-19)30(35)36/h5-12,14-16,24H,3-4,13H2,1-2H3,(H,27,31)(H,28,32). The smallest absolute Gasteiger partial charge is 0.270 e. The molecule has 2 amide bonds. The van der Waals surface area contributed by atoms with E-state index in [9.17, 15) is 29.8 Å². The number of ether oxygens (including phenoxy) is 2. The highest BCUT2D eigenvalue weighted by atomic mass is 16.6. The fraction of sp³-hybridized carbons (Fsp3) is 0.231. The summed E-state index contributed by atoms with van der Waals surface area (Å²) in [5, 5.41) is 27.6. The van der Waals surface area contributed by atoms with Crippen molar-refractivity contribution in [2.24, 2.45) is 0 Å². The molecule has 0 unspecified atom stereocenters. The highest BCUT2D eigenvalue weighted by Gasteiger charge is 2.22. The second-order valence-corrected chi connectivity index (χ2v) is 8.11. The van der Waals surface area contributed by atoms with Crippen LogP contribution in [0.4, 0.5) is 11.4 Å². The van der Waals surface area contributed by atoms with Crippen molar-refractivity contribution >= 4 is 23.2 Å². The molecule has 3 rings (SSSR count). The number of hydrogen-bond acceptors (Lipinski definition) is 8. The van der Waals surface area contributed by atoms with Gasteiger partial charge in [-0.2, -0.15) is 0 Å². The maximum absolute atomic E-state index is 13.0. The van der Waals surface area contributed by atoms with Crippen molar-refractivity contribution in [2.45, 2.75) is 25.9 Å². The van der Waals surface area contributed by atoms with Crippen LogP contribution in [-0.2, 0) is 0 Å². The predicted molar refractivity (Wildman–Crippen MR) is 137 cm³/mol. The Hall–Kier alpha value is -5.00. The van der Waals surface area contributed by atoms with E-state index in [2.05, 4.69) is 10.6 Å². The Balaban J connectivity index is 1.94. The summed E-state index contributed by atoms with van der Waals surface area (Å²) in [6.07, 6.45) is 0.647. The zero-order chi connectivity index (χ0) is 27.7. The number of benzene rings is 3. The lowest BCUT2D eigenvalue weighted by molar-refractivity contribution is -0.385. The minimum Gasteiger partial charge on any atom is -0.493 e. The van der Waals surface area contributed by atoms with Crippen molar-refractivity contribution in [2.75, 3.05) is 13.7 Å². The number of carbonyl (C=O) groups excluding carboxylic acids is 2. The number of nitro benzene ring substituents is 2. The van der Waals surface area contributed by atoms with E-state index < -0.39 is 27.8 Å². The zero-order valence-electron chi connectivity index (χ0n) is 20.7. The molecule has 12 nitrogen and oxygen atoms in total. The first-order valence-electron chi connectivity index (χ1n) is 11.6. The summed E-state index contributed by atoms with van der Waals surface area (Å²) in [5.41, 5.74) is -0.141. The molecule has 3 aromatic carbocycles. The number of unbranched alkanes of at least 4 members (excludes halogenated alkanes) is 1. The average Bonchev–Trinajstić information content (AvgIpc) is 2.92. The highest BCUT2D eigenvalue weighted by Crippen LogP contribution is 2.30. The third kappa shape index (κ3) is 7.03. The lowest BCUT2D eigenvalue weighted by atomic mass is 10.1. The molecule has 2 N–H and O–H groups in total. The van der Waals surface area contributed by atoms with Gasteiger partial charge in [0.25, 0.3) is 23.2 Å². The second-order valence-electron chi connectivity index (χ2n) is 8.11. The molecule has 0 fully saturated rings. The van der Waals surface area contributed by atoms with E-state index >= 15 is 0 Å². The van der Waals surface area contributed by atoms with E-state index in [1.54, 1.807) is 18.2 Å². The van der Waals surface area contributed by atoms with Gasteiger partial charge in [-0.1, -0.05) is 31.5 Å². The van der Waals surface area contributed by atoms with Crippen LogP contribution in [0.1, 0.15) is 52.2 Å². The first-order valence-corrected chi connectivity index (χ1v) is 11.6. The van der Waals surface area contributed by atoms with Gasteiger partial charge in [-0.05, 0) is 36.2 Å². The van der Waals surface area contributed by atoms with E-state index in [1.807, 2.05) is 6.92 Å². The molecule has 0 radical (unpaired) electrons. The number of amides is 2. The summed E-state index contributed by atoms with van der Waals surface area (Å²) in [5.74, 6) is -0.558. The van der Waals surface area contributed by atoms with Crippen LogP contribution >= 0.6 is 0 Å². The van der Waals surface area contributed by atoms with Crippen molar-refractivity contribution in [1.82, 2.24) is 10.6 Å². The van der Waals surface area contributed by atoms with Gasteiger partial charge in [0.05, 0.1) is 23.6 Å². The summed E-state index contributed by atoms with van der Waals surface area (Å²) in [7, 11) is 1.45. The Labute approximate surface area is 217 Å². The molecule has 0 saturated carbocycles. The van der Waals surface area contributed by atoms with Crippen LogP contribution in [0.3, 0.4) is 0 Å². The molecule has 0 saturated heterocycles. The van der Waals surface area contributed by atoms with E-state index in [4.69, 9.17) is 9.47 Å². The molecule has 12 heteroatoms. The molecule has 0 heterocycles. The lowest BCUT2D eigenvalue weighted by Gasteiger charge is -2.22.